The number of carbonyl (C=O) groups excluding carboxylic acids is 1. The van der Waals surface area contributed by atoms with E-state index in [1.54, 1.807) is 18.2 Å². The molecule has 0 bridgehead atoms. The lowest BCUT2D eigenvalue weighted by Gasteiger charge is -2.34. The van der Waals surface area contributed by atoms with Gasteiger partial charge in [0.2, 0.25) is 0 Å². The average Bonchev–Trinajstić information content (AvgIpc) is 2.69. The molecule has 5 nitrogen and oxygen atoms in total. The largest absolute Gasteiger partial charge is 0.395 e. The maximum atomic E-state index is 13.4. The molecule has 134 valence electrons. The predicted molar refractivity (Wildman–Crippen MR) is 96.0 cm³/mol. The van der Waals surface area contributed by atoms with Crippen LogP contribution in [0.1, 0.15) is 15.9 Å². The Labute approximate surface area is 151 Å². The number of hydrogen-bond donors (Lipinski definition) is 1. The van der Waals surface area contributed by atoms with Crippen LogP contribution in [0.3, 0.4) is 0 Å². The Hall–Kier alpha value is -2.75. The molecular formula is C20H20FN3O2. The molecule has 3 rings (SSSR count). The van der Waals surface area contributed by atoms with Gasteiger partial charge in [-0.15, -0.1) is 0 Å². The molecule has 1 heterocycles. The molecule has 2 aromatic carbocycles. The van der Waals surface area contributed by atoms with Crippen LogP contribution in [0.4, 0.5) is 4.39 Å². The number of amides is 1. The highest BCUT2D eigenvalue weighted by molar-refractivity contribution is 5.94. The summed E-state index contributed by atoms with van der Waals surface area (Å²) in [4.78, 5) is 16.6. The van der Waals surface area contributed by atoms with Gasteiger partial charge in [-0.2, -0.15) is 5.26 Å². The van der Waals surface area contributed by atoms with E-state index in [1.807, 2.05) is 23.1 Å². The van der Waals surface area contributed by atoms with Crippen molar-refractivity contribution < 1.29 is 14.3 Å². The normalized spacial score (nSPS) is 14.9. The van der Waals surface area contributed by atoms with Gasteiger partial charge in [0.15, 0.2) is 0 Å². The Kier molecular flexibility index (Phi) is 5.61. The third kappa shape index (κ3) is 3.90. The zero-order valence-electron chi connectivity index (χ0n) is 14.4. The maximum Gasteiger partial charge on any atom is 0.253 e. The van der Waals surface area contributed by atoms with Gasteiger partial charge in [0, 0.05) is 38.3 Å². The molecule has 0 spiro atoms. The van der Waals surface area contributed by atoms with E-state index in [9.17, 15) is 9.18 Å². The number of halogens is 1. The molecule has 0 aliphatic carbocycles. The SMILES string of the molecule is N#Cc1cc(-c2ccc(C(=O)N3CCN(CCO)CC3)cc2)ccc1F. The lowest BCUT2D eigenvalue weighted by molar-refractivity contribution is 0.0615. The summed E-state index contributed by atoms with van der Waals surface area (Å²) in [6, 6.07) is 13.4. The molecule has 1 fully saturated rings. The van der Waals surface area contributed by atoms with Gasteiger partial charge in [-0.3, -0.25) is 9.69 Å². The highest BCUT2D eigenvalue weighted by Crippen LogP contribution is 2.23. The van der Waals surface area contributed by atoms with Crippen LogP contribution in [0.5, 0.6) is 0 Å². The van der Waals surface area contributed by atoms with Crippen LogP contribution in [-0.2, 0) is 0 Å². The first-order valence-electron chi connectivity index (χ1n) is 8.55. The number of carbonyl (C=O) groups is 1. The number of aliphatic hydroxyl groups excluding tert-OH is 1. The molecule has 26 heavy (non-hydrogen) atoms. The molecule has 1 saturated heterocycles. The summed E-state index contributed by atoms with van der Waals surface area (Å²) < 4.78 is 13.4. The zero-order chi connectivity index (χ0) is 18.5. The van der Waals surface area contributed by atoms with Crippen molar-refractivity contribution in [1.29, 1.82) is 5.26 Å². The minimum Gasteiger partial charge on any atom is -0.395 e. The van der Waals surface area contributed by atoms with Gasteiger partial charge in [0.05, 0.1) is 12.2 Å². The quantitative estimate of drug-likeness (QED) is 0.914. The Bertz CT molecular complexity index is 822. The second-order valence-corrected chi connectivity index (χ2v) is 6.24. The fraction of sp³-hybridized carbons (Fsp3) is 0.300. The first kappa shape index (κ1) is 18.1. The maximum absolute atomic E-state index is 13.4. The smallest absolute Gasteiger partial charge is 0.253 e. The number of benzene rings is 2. The Balaban J connectivity index is 1.70. The first-order chi connectivity index (χ1) is 12.6. The van der Waals surface area contributed by atoms with Crippen molar-refractivity contribution in [2.24, 2.45) is 0 Å². The topological polar surface area (TPSA) is 67.6 Å². The zero-order valence-corrected chi connectivity index (χ0v) is 14.4. The van der Waals surface area contributed by atoms with E-state index in [0.29, 0.717) is 25.2 Å². The number of hydrogen-bond acceptors (Lipinski definition) is 4. The second kappa shape index (κ2) is 8.09. The molecule has 1 N–H and O–H groups in total. The van der Waals surface area contributed by atoms with Crippen LogP contribution in [0.2, 0.25) is 0 Å². The molecule has 1 amide bonds. The standard InChI is InChI=1S/C20H20FN3O2/c21-19-6-5-17(13-18(19)14-22)15-1-3-16(4-2-15)20(26)24-9-7-23(8-10-24)11-12-25/h1-6,13,25H,7-12H2. The Morgan fingerprint density at radius 3 is 2.35 bits per heavy atom. The molecule has 1 aliphatic heterocycles. The second-order valence-electron chi connectivity index (χ2n) is 6.24. The molecule has 6 heteroatoms. The molecule has 0 radical (unpaired) electrons. The number of β-amino-alcohol motifs (C(OH)–C–C–N with tert-alkyl or cyclic N) is 1. The molecule has 0 saturated carbocycles. The van der Waals surface area contributed by atoms with Crippen LogP contribution in [-0.4, -0.2) is 60.1 Å². The van der Waals surface area contributed by atoms with Crippen LogP contribution < -0.4 is 0 Å². The molecule has 0 unspecified atom stereocenters. The first-order valence-corrected chi connectivity index (χ1v) is 8.55. The molecule has 2 aromatic rings. The van der Waals surface area contributed by atoms with Crippen LogP contribution >= 0.6 is 0 Å². The van der Waals surface area contributed by atoms with Crippen molar-refractivity contribution in [3.05, 3.63) is 59.4 Å². The summed E-state index contributed by atoms with van der Waals surface area (Å²) in [5, 5.41) is 17.9. The van der Waals surface area contributed by atoms with Crippen molar-refractivity contribution >= 4 is 5.91 Å². The van der Waals surface area contributed by atoms with E-state index < -0.39 is 5.82 Å². The summed E-state index contributed by atoms with van der Waals surface area (Å²) in [5.74, 6) is -0.555. The summed E-state index contributed by atoms with van der Waals surface area (Å²) in [6.45, 7) is 3.58. The molecular weight excluding hydrogens is 333 g/mol. The van der Waals surface area contributed by atoms with Gasteiger partial charge < -0.3 is 10.0 Å². The summed E-state index contributed by atoms with van der Waals surface area (Å²) in [6.07, 6.45) is 0. The van der Waals surface area contributed by atoms with Crippen LogP contribution in [0, 0.1) is 17.1 Å². The monoisotopic (exact) mass is 353 g/mol. The third-order valence-electron chi connectivity index (χ3n) is 4.63. The van der Waals surface area contributed by atoms with E-state index in [1.165, 1.54) is 12.1 Å². The van der Waals surface area contributed by atoms with Crippen molar-refractivity contribution in [3.63, 3.8) is 0 Å². The van der Waals surface area contributed by atoms with Crippen molar-refractivity contribution in [1.82, 2.24) is 9.80 Å². The van der Waals surface area contributed by atoms with Gasteiger partial charge in [-0.1, -0.05) is 18.2 Å². The Morgan fingerprint density at radius 2 is 1.73 bits per heavy atom. The summed E-state index contributed by atoms with van der Waals surface area (Å²) in [7, 11) is 0. The van der Waals surface area contributed by atoms with Crippen molar-refractivity contribution in [2.45, 2.75) is 0 Å². The van der Waals surface area contributed by atoms with E-state index in [4.69, 9.17) is 10.4 Å². The number of piperazine rings is 1. The fourth-order valence-corrected chi connectivity index (χ4v) is 3.09. The van der Waals surface area contributed by atoms with Crippen molar-refractivity contribution in [2.75, 3.05) is 39.3 Å². The number of nitriles is 1. The highest BCUT2D eigenvalue weighted by atomic mass is 19.1. The minimum atomic E-state index is -0.539. The third-order valence-corrected chi connectivity index (χ3v) is 4.63. The van der Waals surface area contributed by atoms with Gasteiger partial charge in [-0.25, -0.2) is 4.39 Å². The fourth-order valence-electron chi connectivity index (χ4n) is 3.09. The van der Waals surface area contributed by atoms with Crippen molar-refractivity contribution in [3.8, 4) is 17.2 Å². The van der Waals surface area contributed by atoms with E-state index in [-0.39, 0.29) is 18.1 Å². The highest BCUT2D eigenvalue weighted by Gasteiger charge is 2.21. The van der Waals surface area contributed by atoms with E-state index >= 15 is 0 Å². The van der Waals surface area contributed by atoms with Gasteiger partial charge in [0.25, 0.3) is 5.91 Å². The predicted octanol–water partition coefficient (Wildman–Crippen LogP) is 2.11. The van der Waals surface area contributed by atoms with Gasteiger partial charge in [0.1, 0.15) is 11.9 Å². The lowest BCUT2D eigenvalue weighted by Crippen LogP contribution is -2.49. The molecule has 0 aromatic heterocycles. The summed E-state index contributed by atoms with van der Waals surface area (Å²) >= 11 is 0. The average molecular weight is 353 g/mol. The van der Waals surface area contributed by atoms with Gasteiger partial charge in [-0.05, 0) is 35.4 Å². The minimum absolute atomic E-state index is 0.00315. The molecule has 0 atom stereocenters. The van der Waals surface area contributed by atoms with E-state index in [0.717, 1.165) is 24.2 Å². The van der Waals surface area contributed by atoms with Crippen LogP contribution in [0.15, 0.2) is 42.5 Å². The lowest BCUT2D eigenvalue weighted by atomic mass is 10.0. The Morgan fingerprint density at radius 1 is 1.08 bits per heavy atom. The van der Waals surface area contributed by atoms with Crippen LogP contribution in [0.25, 0.3) is 11.1 Å². The van der Waals surface area contributed by atoms with Gasteiger partial charge >= 0.3 is 0 Å². The van der Waals surface area contributed by atoms with E-state index in [2.05, 4.69) is 4.90 Å². The summed E-state index contributed by atoms with van der Waals surface area (Å²) in [5.41, 5.74) is 2.17. The number of nitrogens with zero attached hydrogens (tertiary/aromatic N) is 3. The molecule has 1 aliphatic rings. The number of rotatable bonds is 4. The number of aliphatic hydroxyl groups is 1.